The van der Waals surface area contributed by atoms with Gasteiger partial charge in [-0.25, -0.2) is 4.79 Å². The molecule has 1 aromatic carbocycles. The highest BCUT2D eigenvalue weighted by Gasteiger charge is 2.19. The number of carbonyl (C=O) groups excluding carboxylic acids is 1. The number of carbonyl (C=O) groups is 1. The van der Waals surface area contributed by atoms with Gasteiger partial charge in [-0.15, -0.1) is 0 Å². The van der Waals surface area contributed by atoms with Crippen molar-refractivity contribution in [3.63, 3.8) is 0 Å². The van der Waals surface area contributed by atoms with Gasteiger partial charge in [0.15, 0.2) is 0 Å². The van der Waals surface area contributed by atoms with Gasteiger partial charge in [0.1, 0.15) is 5.75 Å². The molecule has 0 bridgehead atoms. The first-order chi connectivity index (χ1) is 8.02. The van der Waals surface area contributed by atoms with Crippen molar-refractivity contribution < 1.29 is 14.3 Å². The van der Waals surface area contributed by atoms with E-state index in [4.69, 9.17) is 14.7 Å². The Bertz CT molecular complexity index is 422. The van der Waals surface area contributed by atoms with Crippen molar-refractivity contribution >= 4 is 21.9 Å². The maximum atomic E-state index is 11.5. The van der Waals surface area contributed by atoms with Crippen LogP contribution in [-0.4, -0.2) is 17.1 Å². The zero-order valence-corrected chi connectivity index (χ0v) is 11.1. The molecule has 5 heteroatoms. The molecule has 0 saturated carbocycles. The molecule has 1 rings (SSSR count). The van der Waals surface area contributed by atoms with Crippen molar-refractivity contribution in [2.75, 3.05) is 0 Å². The number of nitrogens with zero attached hydrogens (tertiary/aromatic N) is 1. The van der Waals surface area contributed by atoms with E-state index in [1.54, 1.807) is 24.3 Å². The van der Waals surface area contributed by atoms with Crippen LogP contribution in [0.25, 0.3) is 0 Å². The number of alkyl halides is 1. The first-order valence-corrected chi connectivity index (χ1v) is 5.96. The van der Waals surface area contributed by atoms with Crippen molar-refractivity contribution in [1.82, 2.24) is 0 Å². The molecule has 17 heavy (non-hydrogen) atoms. The molecule has 0 heterocycles. The SMILES string of the molecule is CC(C)OC(Br)C(=O)Oc1ccc(C#N)cc1. The second-order valence-electron chi connectivity index (χ2n) is 3.56. The lowest BCUT2D eigenvalue weighted by atomic mass is 10.2. The predicted molar refractivity (Wildman–Crippen MR) is 65.7 cm³/mol. The number of benzene rings is 1. The second-order valence-corrected chi connectivity index (χ2v) is 4.39. The smallest absolute Gasteiger partial charge is 0.351 e. The molecule has 90 valence electrons. The fourth-order valence-electron chi connectivity index (χ4n) is 1.05. The van der Waals surface area contributed by atoms with Gasteiger partial charge < -0.3 is 9.47 Å². The first kappa shape index (κ1) is 13.7. The highest BCUT2D eigenvalue weighted by molar-refractivity contribution is 9.09. The number of hydrogen-bond acceptors (Lipinski definition) is 4. The number of hydrogen-bond donors (Lipinski definition) is 0. The topological polar surface area (TPSA) is 59.3 Å². The summed E-state index contributed by atoms with van der Waals surface area (Å²) in [6.07, 6.45) is -0.0760. The van der Waals surface area contributed by atoms with E-state index in [-0.39, 0.29) is 6.10 Å². The molecule has 0 N–H and O–H groups in total. The lowest BCUT2D eigenvalue weighted by Crippen LogP contribution is -2.25. The van der Waals surface area contributed by atoms with Gasteiger partial charge in [0.2, 0.25) is 5.01 Å². The van der Waals surface area contributed by atoms with E-state index < -0.39 is 11.0 Å². The van der Waals surface area contributed by atoms with Gasteiger partial charge in [-0.1, -0.05) is 0 Å². The predicted octanol–water partition coefficient (Wildman–Crippen LogP) is 2.61. The van der Waals surface area contributed by atoms with E-state index in [1.165, 1.54) is 0 Å². The van der Waals surface area contributed by atoms with Gasteiger partial charge in [0.25, 0.3) is 0 Å². The van der Waals surface area contributed by atoms with E-state index in [1.807, 2.05) is 19.9 Å². The zero-order chi connectivity index (χ0) is 12.8. The minimum atomic E-state index is -0.793. The molecule has 0 radical (unpaired) electrons. The van der Waals surface area contributed by atoms with Gasteiger partial charge in [-0.2, -0.15) is 5.26 Å². The monoisotopic (exact) mass is 297 g/mol. The van der Waals surface area contributed by atoms with Gasteiger partial charge >= 0.3 is 5.97 Å². The molecule has 1 atom stereocenters. The molecule has 0 aliphatic rings. The van der Waals surface area contributed by atoms with E-state index in [2.05, 4.69) is 15.9 Å². The number of halogens is 1. The molecule has 0 aliphatic heterocycles. The van der Waals surface area contributed by atoms with Crippen molar-refractivity contribution in [2.45, 2.75) is 25.0 Å². The molecular formula is C12H12BrNO3. The highest BCUT2D eigenvalue weighted by Crippen LogP contribution is 2.15. The summed E-state index contributed by atoms with van der Waals surface area (Å²) in [5, 5.41) is 7.82. The minimum absolute atomic E-state index is 0.0760. The van der Waals surface area contributed by atoms with Crippen LogP contribution in [0.4, 0.5) is 0 Å². The van der Waals surface area contributed by atoms with E-state index in [0.717, 1.165) is 0 Å². The summed E-state index contributed by atoms with van der Waals surface area (Å²) in [7, 11) is 0. The van der Waals surface area contributed by atoms with Gasteiger partial charge in [-0.05, 0) is 54.0 Å². The third kappa shape index (κ3) is 4.55. The van der Waals surface area contributed by atoms with Crippen LogP contribution in [0.15, 0.2) is 24.3 Å². The summed E-state index contributed by atoms with van der Waals surface area (Å²) in [6.45, 7) is 3.65. The number of esters is 1. The Balaban J connectivity index is 2.59. The lowest BCUT2D eigenvalue weighted by molar-refractivity contribution is -0.143. The van der Waals surface area contributed by atoms with Gasteiger partial charge in [0, 0.05) is 0 Å². The Morgan fingerprint density at radius 2 is 1.94 bits per heavy atom. The standard InChI is InChI=1S/C12H12BrNO3/c1-8(2)16-11(13)12(15)17-10-5-3-9(7-14)4-6-10/h3-6,8,11H,1-2H3. The molecule has 0 spiro atoms. The Morgan fingerprint density at radius 1 is 1.35 bits per heavy atom. The van der Waals surface area contributed by atoms with Crippen LogP contribution in [0.2, 0.25) is 0 Å². The van der Waals surface area contributed by atoms with Crippen LogP contribution in [0.3, 0.4) is 0 Å². The minimum Gasteiger partial charge on any atom is -0.424 e. The fraction of sp³-hybridized carbons (Fsp3) is 0.333. The molecule has 1 aromatic rings. The number of rotatable bonds is 4. The van der Waals surface area contributed by atoms with Crippen LogP contribution >= 0.6 is 15.9 Å². The molecule has 0 aromatic heterocycles. The normalized spacial score (nSPS) is 11.9. The van der Waals surface area contributed by atoms with Crippen molar-refractivity contribution in [3.05, 3.63) is 29.8 Å². The maximum Gasteiger partial charge on any atom is 0.351 e. The largest absolute Gasteiger partial charge is 0.424 e. The summed E-state index contributed by atoms with van der Waals surface area (Å²) in [5.41, 5.74) is 0.513. The summed E-state index contributed by atoms with van der Waals surface area (Å²) >= 11 is 3.08. The molecule has 0 aliphatic carbocycles. The Morgan fingerprint density at radius 3 is 2.41 bits per heavy atom. The summed E-state index contributed by atoms with van der Waals surface area (Å²) in [4.78, 5) is 11.5. The van der Waals surface area contributed by atoms with Crippen LogP contribution in [0.1, 0.15) is 19.4 Å². The van der Waals surface area contributed by atoms with Gasteiger partial charge in [0.05, 0.1) is 17.7 Å². The maximum absolute atomic E-state index is 11.5. The molecule has 1 unspecified atom stereocenters. The van der Waals surface area contributed by atoms with Crippen molar-refractivity contribution in [1.29, 1.82) is 5.26 Å². The molecule has 0 saturated heterocycles. The Labute approximate surface area is 108 Å². The quantitative estimate of drug-likeness (QED) is 0.487. The lowest BCUT2D eigenvalue weighted by Gasteiger charge is -2.13. The second kappa shape index (κ2) is 6.38. The molecular weight excluding hydrogens is 286 g/mol. The average molecular weight is 298 g/mol. The van der Waals surface area contributed by atoms with Crippen molar-refractivity contribution in [3.8, 4) is 11.8 Å². The summed E-state index contributed by atoms with van der Waals surface area (Å²) in [6, 6.07) is 8.26. The Kier molecular flexibility index (Phi) is 5.13. The van der Waals surface area contributed by atoms with Crippen LogP contribution < -0.4 is 4.74 Å². The molecule has 4 nitrogen and oxygen atoms in total. The summed E-state index contributed by atoms with van der Waals surface area (Å²) < 4.78 is 10.3. The highest BCUT2D eigenvalue weighted by atomic mass is 79.9. The molecule has 0 fully saturated rings. The van der Waals surface area contributed by atoms with Gasteiger partial charge in [-0.3, -0.25) is 0 Å². The van der Waals surface area contributed by atoms with E-state index in [9.17, 15) is 4.79 Å². The van der Waals surface area contributed by atoms with Crippen LogP contribution in [0, 0.1) is 11.3 Å². The molecule has 0 amide bonds. The van der Waals surface area contributed by atoms with Crippen LogP contribution in [-0.2, 0) is 9.53 Å². The number of ether oxygens (including phenoxy) is 2. The fourth-order valence-corrected chi connectivity index (χ4v) is 1.58. The van der Waals surface area contributed by atoms with E-state index in [0.29, 0.717) is 11.3 Å². The number of nitriles is 1. The third-order valence-corrected chi connectivity index (χ3v) is 2.37. The average Bonchev–Trinajstić information content (AvgIpc) is 2.29. The summed E-state index contributed by atoms with van der Waals surface area (Å²) in [5.74, 6) is -0.144. The van der Waals surface area contributed by atoms with Crippen molar-refractivity contribution in [2.24, 2.45) is 0 Å². The third-order valence-electron chi connectivity index (χ3n) is 1.78. The first-order valence-electron chi connectivity index (χ1n) is 5.04. The van der Waals surface area contributed by atoms with E-state index >= 15 is 0 Å². The Hall–Kier alpha value is -1.38. The van der Waals surface area contributed by atoms with Crippen LogP contribution in [0.5, 0.6) is 5.75 Å². The zero-order valence-electron chi connectivity index (χ0n) is 9.51.